The van der Waals surface area contributed by atoms with Crippen LogP contribution in [0.25, 0.3) is 0 Å². The number of anilines is 1. The molecule has 74 valence electrons. The van der Waals surface area contributed by atoms with E-state index in [0.29, 0.717) is 19.0 Å². The Balaban J connectivity index is 2.46. The van der Waals surface area contributed by atoms with E-state index in [-0.39, 0.29) is 6.10 Å². The fourth-order valence-electron chi connectivity index (χ4n) is 0.962. The first-order valence-corrected chi connectivity index (χ1v) is 3.93. The molecule has 1 unspecified atom stereocenters. The highest BCUT2D eigenvalue weighted by Crippen LogP contribution is 1.97. The van der Waals surface area contributed by atoms with Gasteiger partial charge in [-0.05, 0) is 0 Å². The van der Waals surface area contributed by atoms with Gasteiger partial charge in [-0.1, -0.05) is 0 Å². The van der Waals surface area contributed by atoms with E-state index in [2.05, 4.69) is 10.2 Å². The molecule has 6 heteroatoms. The second-order valence-corrected chi connectivity index (χ2v) is 2.64. The van der Waals surface area contributed by atoms with Crippen LogP contribution in [0.2, 0.25) is 0 Å². The summed E-state index contributed by atoms with van der Waals surface area (Å²) in [6.45, 7) is 1.06. The van der Waals surface area contributed by atoms with Gasteiger partial charge in [0.25, 0.3) is 0 Å². The van der Waals surface area contributed by atoms with Gasteiger partial charge in [-0.15, -0.1) is 5.10 Å². The molecule has 0 aromatic carbocycles. The van der Waals surface area contributed by atoms with Gasteiger partial charge in [0.1, 0.15) is 6.10 Å². The van der Waals surface area contributed by atoms with E-state index in [0.717, 1.165) is 0 Å². The lowest BCUT2D eigenvalue weighted by Crippen LogP contribution is -2.25. The predicted octanol–water partition coefficient (Wildman–Crippen LogP) is -0.478. The average molecular weight is 186 g/mol. The number of methoxy groups -OCH3 is 2. The van der Waals surface area contributed by atoms with Crippen molar-refractivity contribution in [1.29, 1.82) is 0 Å². The van der Waals surface area contributed by atoms with Crippen molar-refractivity contribution in [3.05, 3.63) is 6.20 Å². The number of hydrogen-bond acceptors (Lipinski definition) is 5. The van der Waals surface area contributed by atoms with Crippen LogP contribution in [0.3, 0.4) is 0 Å². The molecule has 1 aromatic heterocycles. The molecular formula is C7H14N4O2. The molecule has 0 fully saturated rings. The maximum Gasteiger partial charge on any atom is 0.165 e. The highest BCUT2D eigenvalue weighted by atomic mass is 16.5. The molecule has 1 heterocycles. The lowest BCUT2D eigenvalue weighted by Gasteiger charge is -2.12. The van der Waals surface area contributed by atoms with Gasteiger partial charge in [-0.25, -0.2) is 0 Å². The molecule has 0 radical (unpaired) electrons. The topological polar surface area (TPSA) is 75.2 Å². The summed E-state index contributed by atoms with van der Waals surface area (Å²) in [7, 11) is 3.24. The average Bonchev–Trinajstić information content (AvgIpc) is 2.50. The summed E-state index contributed by atoms with van der Waals surface area (Å²) in [5, 5.41) is 7.86. The second kappa shape index (κ2) is 4.78. The van der Waals surface area contributed by atoms with E-state index in [1.165, 1.54) is 11.0 Å². The van der Waals surface area contributed by atoms with Gasteiger partial charge in [0.15, 0.2) is 5.82 Å². The minimum absolute atomic E-state index is 0.0446. The summed E-state index contributed by atoms with van der Waals surface area (Å²) in [5.41, 5.74) is 5.40. The zero-order valence-electron chi connectivity index (χ0n) is 7.80. The van der Waals surface area contributed by atoms with Gasteiger partial charge in [0, 0.05) is 14.2 Å². The molecule has 1 aromatic rings. The Morgan fingerprint density at radius 2 is 2.38 bits per heavy atom. The van der Waals surface area contributed by atoms with Crippen LogP contribution in [0.5, 0.6) is 0 Å². The number of rotatable bonds is 5. The largest absolute Gasteiger partial charge is 0.382 e. The van der Waals surface area contributed by atoms with Crippen LogP contribution in [0.1, 0.15) is 0 Å². The second-order valence-electron chi connectivity index (χ2n) is 2.64. The molecule has 13 heavy (non-hydrogen) atoms. The van der Waals surface area contributed by atoms with E-state index in [4.69, 9.17) is 15.2 Å². The zero-order valence-corrected chi connectivity index (χ0v) is 7.80. The molecular weight excluding hydrogens is 172 g/mol. The first kappa shape index (κ1) is 9.94. The Morgan fingerprint density at radius 1 is 1.62 bits per heavy atom. The third-order valence-electron chi connectivity index (χ3n) is 1.61. The van der Waals surface area contributed by atoms with Crippen LogP contribution >= 0.6 is 0 Å². The van der Waals surface area contributed by atoms with E-state index < -0.39 is 0 Å². The summed E-state index contributed by atoms with van der Waals surface area (Å²) in [6, 6.07) is 0. The zero-order chi connectivity index (χ0) is 9.68. The number of aromatic nitrogens is 3. The number of nitrogens with two attached hydrogens (primary N) is 1. The minimum Gasteiger partial charge on any atom is -0.382 e. The lowest BCUT2D eigenvalue weighted by molar-refractivity contribution is 0.0139. The van der Waals surface area contributed by atoms with Crippen LogP contribution in [-0.2, 0) is 16.0 Å². The van der Waals surface area contributed by atoms with Crippen LogP contribution in [0.15, 0.2) is 6.20 Å². The quantitative estimate of drug-likeness (QED) is 0.672. The maximum absolute atomic E-state index is 5.40. The van der Waals surface area contributed by atoms with Gasteiger partial charge in [-0.3, -0.25) is 0 Å². The third kappa shape index (κ3) is 3.00. The molecule has 0 saturated carbocycles. The fourth-order valence-corrected chi connectivity index (χ4v) is 0.962. The van der Waals surface area contributed by atoms with Crippen LogP contribution in [0.4, 0.5) is 5.82 Å². The van der Waals surface area contributed by atoms with E-state index >= 15 is 0 Å². The van der Waals surface area contributed by atoms with Crippen molar-refractivity contribution in [2.75, 3.05) is 26.6 Å². The summed E-state index contributed by atoms with van der Waals surface area (Å²) >= 11 is 0. The van der Waals surface area contributed by atoms with Gasteiger partial charge in [0.2, 0.25) is 0 Å². The van der Waals surface area contributed by atoms with Crippen molar-refractivity contribution in [2.24, 2.45) is 0 Å². The number of nitrogen functional groups attached to an aromatic ring is 1. The molecule has 2 N–H and O–H groups in total. The van der Waals surface area contributed by atoms with Gasteiger partial charge in [-0.2, -0.15) is 9.90 Å². The smallest absolute Gasteiger partial charge is 0.165 e. The molecule has 1 atom stereocenters. The lowest BCUT2D eigenvalue weighted by atomic mass is 10.4. The van der Waals surface area contributed by atoms with Crippen LogP contribution < -0.4 is 5.73 Å². The molecule has 0 saturated heterocycles. The summed E-state index contributed by atoms with van der Waals surface area (Å²) in [5.74, 6) is 0.410. The maximum atomic E-state index is 5.40. The monoisotopic (exact) mass is 186 g/mol. The molecule has 0 aliphatic carbocycles. The summed E-state index contributed by atoms with van der Waals surface area (Å²) in [6.07, 6.45) is 1.45. The third-order valence-corrected chi connectivity index (χ3v) is 1.61. The molecule has 1 rings (SSSR count). The Bertz CT molecular complexity index is 250. The predicted molar refractivity (Wildman–Crippen MR) is 47.1 cm³/mol. The first-order chi connectivity index (χ1) is 6.26. The van der Waals surface area contributed by atoms with Gasteiger partial charge < -0.3 is 15.2 Å². The summed E-state index contributed by atoms with van der Waals surface area (Å²) < 4.78 is 10.1. The molecule has 0 aliphatic heterocycles. The van der Waals surface area contributed by atoms with E-state index in [1.807, 2.05) is 0 Å². The minimum atomic E-state index is -0.0446. The van der Waals surface area contributed by atoms with E-state index in [9.17, 15) is 0 Å². The highest BCUT2D eigenvalue weighted by Gasteiger charge is 2.08. The van der Waals surface area contributed by atoms with Crippen molar-refractivity contribution in [3.8, 4) is 0 Å². The molecule has 0 aliphatic rings. The van der Waals surface area contributed by atoms with Crippen molar-refractivity contribution >= 4 is 5.82 Å². The number of hydrogen-bond donors (Lipinski definition) is 1. The normalized spacial score (nSPS) is 13.1. The van der Waals surface area contributed by atoms with Gasteiger partial charge >= 0.3 is 0 Å². The van der Waals surface area contributed by atoms with Crippen molar-refractivity contribution in [2.45, 2.75) is 12.6 Å². The summed E-state index contributed by atoms with van der Waals surface area (Å²) in [4.78, 5) is 1.49. The van der Waals surface area contributed by atoms with Gasteiger partial charge in [0.05, 0.1) is 19.3 Å². The van der Waals surface area contributed by atoms with Crippen molar-refractivity contribution in [1.82, 2.24) is 15.0 Å². The Morgan fingerprint density at radius 3 is 2.85 bits per heavy atom. The SMILES string of the molecule is COCC(Cn1ncc(N)n1)OC. The molecule has 0 bridgehead atoms. The number of nitrogens with zero attached hydrogens (tertiary/aromatic N) is 3. The Hall–Kier alpha value is -1.14. The Labute approximate surface area is 76.6 Å². The first-order valence-electron chi connectivity index (χ1n) is 3.93. The molecule has 6 nitrogen and oxygen atoms in total. The van der Waals surface area contributed by atoms with Crippen LogP contribution in [0, 0.1) is 0 Å². The van der Waals surface area contributed by atoms with E-state index in [1.54, 1.807) is 14.2 Å². The highest BCUT2D eigenvalue weighted by molar-refractivity contribution is 5.19. The standard InChI is InChI=1S/C7H14N4O2/c1-12-5-6(13-2)4-11-9-3-7(8)10-11/h3,6H,4-5H2,1-2H3,(H2,8,10). The number of ether oxygens (including phenoxy) is 2. The fraction of sp³-hybridized carbons (Fsp3) is 0.714. The molecule has 0 amide bonds. The van der Waals surface area contributed by atoms with Crippen LogP contribution in [-0.4, -0.2) is 41.9 Å². The Kier molecular flexibility index (Phi) is 3.66. The molecule has 0 spiro atoms. The van der Waals surface area contributed by atoms with Crippen molar-refractivity contribution in [3.63, 3.8) is 0 Å². The van der Waals surface area contributed by atoms with Crippen molar-refractivity contribution < 1.29 is 9.47 Å².